The summed E-state index contributed by atoms with van der Waals surface area (Å²) in [6, 6.07) is 6.65. The summed E-state index contributed by atoms with van der Waals surface area (Å²) >= 11 is -3.64. The molecule has 98 valence electrons. The van der Waals surface area contributed by atoms with E-state index in [0.29, 0.717) is 24.2 Å². The van der Waals surface area contributed by atoms with Gasteiger partial charge in [0, 0.05) is 0 Å². The molecule has 0 atom stereocenters. The molecule has 3 aliphatic rings. The second-order valence-electron chi connectivity index (χ2n) is 4.42. The fourth-order valence-corrected chi connectivity index (χ4v) is 7.52. The number of hydrogen-bond donors (Lipinski definition) is 0. The Labute approximate surface area is 109 Å². The minimum absolute atomic E-state index is 0.282. The van der Waals surface area contributed by atoms with Crippen LogP contribution in [0.5, 0.6) is 0 Å². The van der Waals surface area contributed by atoms with Crippen molar-refractivity contribution in [1.29, 1.82) is 0 Å². The molecular weight excluding hydrogens is 298 g/mol. The van der Waals surface area contributed by atoms with E-state index in [1.807, 2.05) is 0 Å². The van der Waals surface area contributed by atoms with Gasteiger partial charge < -0.3 is 0 Å². The van der Waals surface area contributed by atoms with Crippen molar-refractivity contribution in [2.24, 2.45) is 0 Å². The molecular formula is C12H16FGeNO3. The van der Waals surface area contributed by atoms with Gasteiger partial charge in [-0.05, 0) is 0 Å². The summed E-state index contributed by atoms with van der Waals surface area (Å²) in [6.07, 6.45) is 0. The molecule has 0 spiro atoms. The number of hydrogen-bond acceptors (Lipinski definition) is 4. The molecule has 4 nitrogen and oxygen atoms in total. The van der Waals surface area contributed by atoms with Gasteiger partial charge in [-0.15, -0.1) is 0 Å². The Kier molecular flexibility index (Phi) is 3.67. The van der Waals surface area contributed by atoms with Gasteiger partial charge in [0.2, 0.25) is 0 Å². The minimum atomic E-state index is -3.64. The van der Waals surface area contributed by atoms with Crippen LogP contribution in [0.3, 0.4) is 0 Å². The Morgan fingerprint density at radius 2 is 1.50 bits per heavy atom. The van der Waals surface area contributed by atoms with Crippen LogP contribution in [-0.2, 0) is 11.3 Å². The van der Waals surface area contributed by atoms with Crippen molar-refractivity contribution in [3.8, 4) is 0 Å². The number of nitrogens with zero attached hydrogens (tertiary/aromatic N) is 1. The fraction of sp³-hybridized carbons (Fsp3) is 0.500. The number of benzene rings is 1. The van der Waals surface area contributed by atoms with Gasteiger partial charge in [0.15, 0.2) is 0 Å². The summed E-state index contributed by atoms with van der Waals surface area (Å²) in [4.78, 5) is 2.24. The van der Waals surface area contributed by atoms with E-state index < -0.39 is 14.3 Å². The van der Waals surface area contributed by atoms with E-state index in [-0.39, 0.29) is 5.82 Å². The Balaban J connectivity index is 1.97. The standard InChI is InChI=1S/C12H16FGeNO3/c13-11-3-1-2-4-12(11)14-16-8-5-15(6-9-17-14)7-10-18-14/h1-4H,5-10H2. The van der Waals surface area contributed by atoms with Crippen LogP contribution in [0.25, 0.3) is 0 Å². The molecule has 4 rings (SSSR count). The molecule has 3 aliphatic heterocycles. The van der Waals surface area contributed by atoms with Gasteiger partial charge >= 0.3 is 109 Å². The maximum atomic E-state index is 14.0. The fourth-order valence-electron chi connectivity index (χ4n) is 2.33. The molecule has 0 unspecified atom stereocenters. The molecule has 1 aromatic carbocycles. The first kappa shape index (κ1) is 12.6. The summed E-state index contributed by atoms with van der Waals surface area (Å²) in [5.41, 5.74) is 0. The Bertz CT molecular complexity index is 405. The average Bonchev–Trinajstić information content (AvgIpc) is 2.28. The zero-order valence-corrected chi connectivity index (χ0v) is 12.2. The molecule has 0 aromatic heterocycles. The van der Waals surface area contributed by atoms with Crippen molar-refractivity contribution in [3.05, 3.63) is 30.1 Å². The second-order valence-corrected chi connectivity index (χ2v) is 9.70. The molecule has 0 saturated carbocycles. The van der Waals surface area contributed by atoms with Gasteiger partial charge in [0.25, 0.3) is 0 Å². The van der Waals surface area contributed by atoms with Gasteiger partial charge in [0.05, 0.1) is 0 Å². The Morgan fingerprint density at radius 3 is 2.06 bits per heavy atom. The van der Waals surface area contributed by atoms with Crippen LogP contribution in [0.4, 0.5) is 4.39 Å². The van der Waals surface area contributed by atoms with Crippen LogP contribution >= 0.6 is 0 Å². The number of fused-ring (bicyclic) bond motifs is 6. The van der Waals surface area contributed by atoms with E-state index in [1.165, 1.54) is 6.07 Å². The molecule has 0 radical (unpaired) electrons. The van der Waals surface area contributed by atoms with E-state index >= 15 is 0 Å². The maximum absolute atomic E-state index is 14.0. The van der Waals surface area contributed by atoms with Crippen molar-refractivity contribution in [2.45, 2.75) is 0 Å². The summed E-state index contributed by atoms with van der Waals surface area (Å²) in [5.74, 6) is -0.282. The van der Waals surface area contributed by atoms with Crippen molar-refractivity contribution >= 4 is 18.7 Å². The zero-order valence-electron chi connectivity index (χ0n) is 10.1. The van der Waals surface area contributed by atoms with Crippen molar-refractivity contribution < 1.29 is 15.7 Å². The first-order valence-electron chi connectivity index (χ1n) is 6.19. The Morgan fingerprint density at radius 1 is 0.944 bits per heavy atom. The van der Waals surface area contributed by atoms with Gasteiger partial charge in [-0.2, -0.15) is 0 Å². The zero-order chi connectivity index (χ0) is 12.4. The molecule has 0 N–H and O–H groups in total. The van der Waals surface area contributed by atoms with Gasteiger partial charge in [-0.3, -0.25) is 0 Å². The van der Waals surface area contributed by atoms with Crippen LogP contribution in [0, 0.1) is 5.82 Å². The molecule has 0 amide bonds. The summed E-state index contributed by atoms with van der Waals surface area (Å²) in [6.45, 7) is 4.26. The van der Waals surface area contributed by atoms with Crippen LogP contribution in [-0.4, -0.2) is 58.6 Å². The van der Waals surface area contributed by atoms with Crippen molar-refractivity contribution in [3.63, 3.8) is 0 Å². The van der Waals surface area contributed by atoms with Gasteiger partial charge in [-0.25, -0.2) is 0 Å². The van der Waals surface area contributed by atoms with Gasteiger partial charge in [-0.1, -0.05) is 0 Å². The molecule has 3 fully saturated rings. The molecule has 3 saturated heterocycles. The van der Waals surface area contributed by atoms with E-state index in [2.05, 4.69) is 4.90 Å². The van der Waals surface area contributed by atoms with E-state index in [1.54, 1.807) is 18.2 Å². The van der Waals surface area contributed by atoms with Gasteiger partial charge in [0.1, 0.15) is 0 Å². The predicted octanol–water partition coefficient (Wildman–Crippen LogP) is 0.351. The Hall–Kier alpha value is -0.467. The predicted molar refractivity (Wildman–Crippen MR) is 66.1 cm³/mol. The first-order chi connectivity index (χ1) is 8.80. The van der Waals surface area contributed by atoms with Crippen LogP contribution < -0.4 is 4.40 Å². The van der Waals surface area contributed by atoms with Crippen LogP contribution in [0.15, 0.2) is 24.3 Å². The second kappa shape index (κ2) is 5.26. The first-order valence-corrected chi connectivity index (χ1v) is 9.81. The molecule has 1 aromatic rings. The van der Waals surface area contributed by atoms with Crippen LogP contribution in [0.2, 0.25) is 0 Å². The summed E-state index contributed by atoms with van der Waals surface area (Å²) in [7, 11) is 0. The third kappa shape index (κ3) is 2.33. The normalized spacial score (nSPS) is 32.6. The number of rotatable bonds is 1. The summed E-state index contributed by atoms with van der Waals surface area (Å²) in [5, 5.41) is 0. The molecule has 3 heterocycles. The van der Waals surface area contributed by atoms with Crippen molar-refractivity contribution in [2.75, 3.05) is 39.5 Å². The van der Waals surface area contributed by atoms with E-state index in [9.17, 15) is 4.39 Å². The molecule has 2 bridgehead atoms. The SMILES string of the molecule is Fc1cccc[c]1[Ge]12[O]CCN(CC[O]1)CC[O]2. The monoisotopic (exact) mass is 315 g/mol. The quantitative estimate of drug-likeness (QED) is 0.700. The number of halogens is 1. The van der Waals surface area contributed by atoms with Crippen molar-refractivity contribution in [1.82, 2.24) is 4.90 Å². The molecule has 0 aliphatic carbocycles. The average molecular weight is 314 g/mol. The third-order valence-corrected chi connectivity index (χ3v) is 9.21. The molecule has 6 heteroatoms. The van der Waals surface area contributed by atoms with E-state index in [4.69, 9.17) is 11.3 Å². The topological polar surface area (TPSA) is 30.9 Å². The molecule has 18 heavy (non-hydrogen) atoms. The van der Waals surface area contributed by atoms with Crippen LogP contribution in [0.1, 0.15) is 0 Å². The summed E-state index contributed by atoms with van der Waals surface area (Å²) < 4.78 is 32.1. The third-order valence-electron chi connectivity index (χ3n) is 3.30. The van der Waals surface area contributed by atoms with E-state index in [0.717, 1.165) is 19.6 Å².